The van der Waals surface area contributed by atoms with Crippen molar-refractivity contribution in [2.24, 2.45) is 0 Å². The smallest absolute Gasteiger partial charge is 0.261 e. The van der Waals surface area contributed by atoms with Crippen molar-refractivity contribution in [1.29, 1.82) is 0 Å². The highest BCUT2D eigenvalue weighted by Crippen LogP contribution is 2.20. The van der Waals surface area contributed by atoms with Crippen LogP contribution in [0.25, 0.3) is 0 Å². The Hall–Kier alpha value is -3.02. The van der Waals surface area contributed by atoms with Crippen LogP contribution < -0.4 is 14.8 Å². The number of ether oxygens (including phenoxy) is 2. The summed E-state index contributed by atoms with van der Waals surface area (Å²) in [6.45, 7) is 8.91. The van der Waals surface area contributed by atoms with Crippen LogP contribution in [-0.4, -0.2) is 43.0 Å². The molecule has 0 unspecified atom stereocenters. The van der Waals surface area contributed by atoms with Gasteiger partial charge in [-0.2, -0.15) is 0 Å². The molecule has 1 atom stereocenters. The first-order valence-corrected chi connectivity index (χ1v) is 11.3. The standard InChI is InChI=1S/C26H36N2O4/c1-6-15-27-26(30)24(7-2)28(17-20-9-8-10-23(16-20)31-5)25(29)18-32-22-13-11-21(12-14-22)19(3)4/h8-14,16,19,24H,6-7,15,17-18H2,1-5H3,(H,27,30)/t24-/m0/s1. The van der Waals surface area contributed by atoms with E-state index in [1.54, 1.807) is 12.0 Å². The molecule has 0 saturated carbocycles. The number of nitrogens with zero attached hydrogens (tertiary/aromatic N) is 1. The molecule has 0 heterocycles. The van der Waals surface area contributed by atoms with Gasteiger partial charge in [-0.15, -0.1) is 0 Å². The molecular formula is C26H36N2O4. The van der Waals surface area contributed by atoms with Gasteiger partial charge in [-0.1, -0.05) is 52.0 Å². The van der Waals surface area contributed by atoms with E-state index in [0.29, 0.717) is 36.9 Å². The topological polar surface area (TPSA) is 67.9 Å². The van der Waals surface area contributed by atoms with E-state index in [0.717, 1.165) is 12.0 Å². The minimum absolute atomic E-state index is 0.136. The van der Waals surface area contributed by atoms with E-state index in [4.69, 9.17) is 9.47 Å². The molecule has 2 rings (SSSR count). The van der Waals surface area contributed by atoms with Crippen molar-refractivity contribution in [2.45, 2.75) is 59.0 Å². The number of carbonyl (C=O) groups excluding carboxylic acids is 2. The highest BCUT2D eigenvalue weighted by atomic mass is 16.5. The summed E-state index contributed by atoms with van der Waals surface area (Å²) < 4.78 is 11.1. The summed E-state index contributed by atoms with van der Waals surface area (Å²) in [5.74, 6) is 1.38. The first-order chi connectivity index (χ1) is 15.4. The molecule has 2 aromatic rings. The minimum atomic E-state index is -0.577. The molecule has 0 radical (unpaired) electrons. The molecule has 1 N–H and O–H groups in total. The van der Waals surface area contributed by atoms with Crippen LogP contribution in [0.5, 0.6) is 11.5 Å². The van der Waals surface area contributed by atoms with E-state index < -0.39 is 6.04 Å². The fourth-order valence-corrected chi connectivity index (χ4v) is 3.43. The SMILES string of the molecule is CCCNC(=O)[C@H](CC)N(Cc1cccc(OC)c1)C(=O)COc1ccc(C(C)C)cc1. The van der Waals surface area contributed by atoms with E-state index >= 15 is 0 Å². The van der Waals surface area contributed by atoms with Gasteiger partial charge >= 0.3 is 0 Å². The Morgan fingerprint density at radius 1 is 1.03 bits per heavy atom. The van der Waals surface area contributed by atoms with Gasteiger partial charge < -0.3 is 19.7 Å². The van der Waals surface area contributed by atoms with Crippen LogP contribution in [0.3, 0.4) is 0 Å². The molecule has 6 nitrogen and oxygen atoms in total. The zero-order chi connectivity index (χ0) is 23.5. The lowest BCUT2D eigenvalue weighted by Crippen LogP contribution is -2.50. The number of rotatable bonds is 12. The Labute approximate surface area is 191 Å². The summed E-state index contributed by atoms with van der Waals surface area (Å²) in [6.07, 6.45) is 1.34. The van der Waals surface area contributed by atoms with Crippen molar-refractivity contribution < 1.29 is 19.1 Å². The largest absolute Gasteiger partial charge is 0.497 e. The molecule has 6 heteroatoms. The third-order valence-corrected chi connectivity index (χ3v) is 5.33. The minimum Gasteiger partial charge on any atom is -0.497 e. The van der Waals surface area contributed by atoms with Crippen LogP contribution >= 0.6 is 0 Å². The average molecular weight is 441 g/mol. The predicted molar refractivity (Wildman–Crippen MR) is 127 cm³/mol. The lowest BCUT2D eigenvalue weighted by Gasteiger charge is -2.30. The van der Waals surface area contributed by atoms with Crippen molar-refractivity contribution in [2.75, 3.05) is 20.3 Å². The fraction of sp³-hybridized carbons (Fsp3) is 0.462. The summed E-state index contributed by atoms with van der Waals surface area (Å²) in [4.78, 5) is 27.6. The lowest BCUT2D eigenvalue weighted by atomic mass is 10.0. The molecule has 0 bridgehead atoms. The van der Waals surface area contributed by atoms with E-state index in [-0.39, 0.29) is 18.4 Å². The Kier molecular flexibility index (Phi) is 10.1. The van der Waals surface area contributed by atoms with E-state index in [1.165, 1.54) is 5.56 Å². The molecule has 32 heavy (non-hydrogen) atoms. The van der Waals surface area contributed by atoms with Gasteiger partial charge in [0.2, 0.25) is 5.91 Å². The van der Waals surface area contributed by atoms with Crippen LogP contribution in [0, 0.1) is 0 Å². The molecule has 0 spiro atoms. The summed E-state index contributed by atoms with van der Waals surface area (Å²) in [7, 11) is 1.60. The lowest BCUT2D eigenvalue weighted by molar-refractivity contribution is -0.143. The second-order valence-corrected chi connectivity index (χ2v) is 8.10. The number of amides is 2. The van der Waals surface area contributed by atoms with Gasteiger partial charge in [0.05, 0.1) is 7.11 Å². The maximum absolute atomic E-state index is 13.2. The zero-order valence-electron chi connectivity index (χ0n) is 19.9. The molecule has 0 saturated heterocycles. The number of hydrogen-bond donors (Lipinski definition) is 1. The van der Waals surface area contributed by atoms with Gasteiger partial charge in [-0.25, -0.2) is 0 Å². The molecule has 0 aliphatic heterocycles. The average Bonchev–Trinajstić information content (AvgIpc) is 2.81. The van der Waals surface area contributed by atoms with Crippen molar-refractivity contribution in [3.8, 4) is 11.5 Å². The van der Waals surface area contributed by atoms with E-state index in [1.807, 2.05) is 62.4 Å². The van der Waals surface area contributed by atoms with Gasteiger partial charge in [0.1, 0.15) is 17.5 Å². The van der Waals surface area contributed by atoms with Gasteiger partial charge in [0, 0.05) is 13.1 Å². The third-order valence-electron chi connectivity index (χ3n) is 5.33. The molecule has 0 fully saturated rings. The van der Waals surface area contributed by atoms with Gasteiger partial charge in [0.15, 0.2) is 6.61 Å². The fourth-order valence-electron chi connectivity index (χ4n) is 3.43. The molecule has 2 amide bonds. The molecule has 0 aliphatic carbocycles. The number of hydrogen-bond acceptors (Lipinski definition) is 4. The number of carbonyl (C=O) groups is 2. The highest BCUT2D eigenvalue weighted by Gasteiger charge is 2.28. The molecule has 0 aromatic heterocycles. The van der Waals surface area contributed by atoms with Crippen LogP contribution in [-0.2, 0) is 16.1 Å². The van der Waals surface area contributed by atoms with Crippen LogP contribution in [0.2, 0.25) is 0 Å². The summed E-state index contributed by atoms with van der Waals surface area (Å²) in [6, 6.07) is 14.7. The monoisotopic (exact) mass is 440 g/mol. The number of benzene rings is 2. The summed E-state index contributed by atoms with van der Waals surface area (Å²) >= 11 is 0. The second-order valence-electron chi connectivity index (χ2n) is 8.10. The van der Waals surface area contributed by atoms with Crippen molar-refractivity contribution >= 4 is 11.8 Å². The first kappa shape index (κ1) is 25.2. The number of methoxy groups -OCH3 is 1. The summed E-state index contributed by atoms with van der Waals surface area (Å²) in [5, 5.41) is 2.92. The predicted octanol–water partition coefficient (Wildman–Crippen LogP) is 4.53. The number of nitrogens with one attached hydrogen (secondary N) is 1. The first-order valence-electron chi connectivity index (χ1n) is 11.3. The third kappa shape index (κ3) is 7.29. The Morgan fingerprint density at radius 3 is 2.34 bits per heavy atom. The Balaban J connectivity index is 2.18. The van der Waals surface area contributed by atoms with Gasteiger partial charge in [-0.3, -0.25) is 9.59 Å². The van der Waals surface area contributed by atoms with Crippen LogP contribution in [0.4, 0.5) is 0 Å². The Bertz CT molecular complexity index is 864. The van der Waals surface area contributed by atoms with Gasteiger partial charge in [0.25, 0.3) is 5.91 Å². The van der Waals surface area contributed by atoms with Crippen molar-refractivity contribution in [3.05, 3.63) is 59.7 Å². The molecule has 0 aliphatic rings. The van der Waals surface area contributed by atoms with Crippen molar-refractivity contribution in [1.82, 2.24) is 10.2 Å². The Morgan fingerprint density at radius 2 is 1.75 bits per heavy atom. The quantitative estimate of drug-likeness (QED) is 0.526. The van der Waals surface area contributed by atoms with Crippen LogP contribution in [0.1, 0.15) is 57.6 Å². The van der Waals surface area contributed by atoms with Gasteiger partial charge in [-0.05, 0) is 54.2 Å². The zero-order valence-corrected chi connectivity index (χ0v) is 19.9. The maximum Gasteiger partial charge on any atom is 0.261 e. The summed E-state index contributed by atoms with van der Waals surface area (Å²) in [5.41, 5.74) is 2.10. The maximum atomic E-state index is 13.2. The molecule has 2 aromatic carbocycles. The molecule has 174 valence electrons. The highest BCUT2D eigenvalue weighted by molar-refractivity contribution is 5.88. The van der Waals surface area contributed by atoms with E-state index in [2.05, 4.69) is 19.2 Å². The van der Waals surface area contributed by atoms with Crippen LogP contribution in [0.15, 0.2) is 48.5 Å². The molecular weight excluding hydrogens is 404 g/mol. The normalized spacial score (nSPS) is 11.7. The second kappa shape index (κ2) is 12.7. The van der Waals surface area contributed by atoms with E-state index in [9.17, 15) is 9.59 Å². The van der Waals surface area contributed by atoms with Crippen molar-refractivity contribution in [3.63, 3.8) is 0 Å².